The summed E-state index contributed by atoms with van der Waals surface area (Å²) in [5.41, 5.74) is 1.16. The molecule has 0 fully saturated rings. The fraction of sp³-hybridized carbons (Fsp3) is 0.533. The van der Waals surface area contributed by atoms with Gasteiger partial charge in [0, 0.05) is 18.6 Å². The molecule has 120 valence electrons. The highest BCUT2D eigenvalue weighted by atomic mass is 127. The number of nitrogens with one attached hydrogen (secondary N) is 2. The van der Waals surface area contributed by atoms with Crippen molar-refractivity contribution in [1.29, 1.82) is 0 Å². The number of unbranched alkanes of at least 4 members (excludes halogenated alkanes) is 1. The van der Waals surface area contributed by atoms with Crippen molar-refractivity contribution in [3.63, 3.8) is 0 Å². The van der Waals surface area contributed by atoms with Crippen LogP contribution in [0.5, 0.6) is 0 Å². The quantitative estimate of drug-likeness (QED) is 0.286. The van der Waals surface area contributed by atoms with Crippen LogP contribution < -0.4 is 10.6 Å². The molecule has 1 aromatic carbocycles. The average Bonchev–Trinajstić information content (AvgIpc) is 2.45. The maximum Gasteiger partial charge on any atom is 0.191 e. The Hall–Kier alpha value is -0.140. The van der Waals surface area contributed by atoms with Crippen molar-refractivity contribution < 1.29 is 0 Å². The number of halogens is 2. The molecule has 0 saturated carbocycles. The van der Waals surface area contributed by atoms with Gasteiger partial charge in [-0.1, -0.05) is 23.7 Å². The van der Waals surface area contributed by atoms with Gasteiger partial charge in [-0.05, 0) is 49.5 Å². The number of benzene rings is 1. The average molecular weight is 442 g/mol. The number of rotatable bonds is 7. The van der Waals surface area contributed by atoms with Gasteiger partial charge in [0.25, 0.3) is 0 Å². The molecule has 0 spiro atoms. The van der Waals surface area contributed by atoms with Crippen molar-refractivity contribution in [2.75, 3.05) is 25.6 Å². The van der Waals surface area contributed by atoms with Crippen LogP contribution >= 0.6 is 47.3 Å². The van der Waals surface area contributed by atoms with Crippen LogP contribution in [0.3, 0.4) is 0 Å². The predicted molar refractivity (Wildman–Crippen MR) is 107 cm³/mol. The number of nitrogens with zero attached hydrogens (tertiary/aromatic N) is 1. The summed E-state index contributed by atoms with van der Waals surface area (Å²) in [6.45, 7) is 3.05. The van der Waals surface area contributed by atoms with Crippen LogP contribution in [0.15, 0.2) is 29.3 Å². The SMILES string of the molecule is CN=C(NCCCCSC)NC(C)c1cccc(Cl)c1.I. The number of aliphatic imine (C=N–C) groups is 1. The van der Waals surface area contributed by atoms with E-state index in [2.05, 4.69) is 34.9 Å². The zero-order valence-corrected chi connectivity index (χ0v) is 16.8. The fourth-order valence-corrected chi connectivity index (χ4v) is 2.53. The number of hydrogen-bond acceptors (Lipinski definition) is 2. The minimum atomic E-state index is 0. The first-order chi connectivity index (χ1) is 9.67. The van der Waals surface area contributed by atoms with Gasteiger partial charge in [-0.25, -0.2) is 0 Å². The van der Waals surface area contributed by atoms with E-state index in [-0.39, 0.29) is 30.0 Å². The van der Waals surface area contributed by atoms with Crippen LogP contribution in [-0.4, -0.2) is 31.6 Å². The van der Waals surface area contributed by atoms with Crippen molar-refractivity contribution >= 4 is 53.3 Å². The molecule has 0 aromatic heterocycles. The Morgan fingerprint density at radius 1 is 1.38 bits per heavy atom. The summed E-state index contributed by atoms with van der Waals surface area (Å²) in [7, 11) is 1.79. The third-order valence-corrected chi connectivity index (χ3v) is 3.93. The van der Waals surface area contributed by atoms with E-state index in [0.717, 1.165) is 29.5 Å². The smallest absolute Gasteiger partial charge is 0.191 e. The van der Waals surface area contributed by atoms with Crippen LogP contribution in [0.1, 0.15) is 31.4 Å². The maximum absolute atomic E-state index is 6.02. The summed E-state index contributed by atoms with van der Waals surface area (Å²) in [6.07, 6.45) is 4.53. The van der Waals surface area contributed by atoms with E-state index in [1.54, 1.807) is 7.05 Å². The molecule has 0 aliphatic carbocycles. The minimum absolute atomic E-state index is 0. The number of guanidine groups is 1. The molecular weight excluding hydrogens is 417 g/mol. The topological polar surface area (TPSA) is 36.4 Å². The van der Waals surface area contributed by atoms with Gasteiger partial charge in [0.1, 0.15) is 0 Å². The molecule has 0 aliphatic rings. The van der Waals surface area contributed by atoms with E-state index >= 15 is 0 Å². The Balaban J connectivity index is 0.00000400. The lowest BCUT2D eigenvalue weighted by Gasteiger charge is -2.18. The molecule has 0 radical (unpaired) electrons. The standard InChI is InChI=1S/C15H24ClN3S.HI/c1-12(13-7-6-8-14(16)11-13)19-15(17-2)18-9-4-5-10-20-3;/h6-8,11-12H,4-5,9-10H2,1-3H3,(H2,17,18,19);1H. The van der Waals surface area contributed by atoms with E-state index in [4.69, 9.17) is 11.6 Å². The van der Waals surface area contributed by atoms with Gasteiger partial charge in [0.2, 0.25) is 0 Å². The van der Waals surface area contributed by atoms with Crippen LogP contribution in [0.4, 0.5) is 0 Å². The fourth-order valence-electron chi connectivity index (χ4n) is 1.84. The van der Waals surface area contributed by atoms with Crippen molar-refractivity contribution in [2.24, 2.45) is 4.99 Å². The zero-order chi connectivity index (χ0) is 14.8. The van der Waals surface area contributed by atoms with Gasteiger partial charge < -0.3 is 10.6 Å². The van der Waals surface area contributed by atoms with E-state index in [9.17, 15) is 0 Å². The van der Waals surface area contributed by atoms with Gasteiger partial charge in [-0.3, -0.25) is 4.99 Å². The second kappa shape index (κ2) is 12.4. The van der Waals surface area contributed by atoms with Gasteiger partial charge in [0.05, 0.1) is 6.04 Å². The molecular formula is C15H25ClIN3S. The molecule has 2 N–H and O–H groups in total. The Kier molecular flexibility index (Phi) is 12.3. The summed E-state index contributed by atoms with van der Waals surface area (Å²) < 4.78 is 0. The van der Waals surface area contributed by atoms with Gasteiger partial charge in [0.15, 0.2) is 5.96 Å². The molecule has 1 atom stereocenters. The highest BCUT2D eigenvalue weighted by Gasteiger charge is 2.07. The highest BCUT2D eigenvalue weighted by molar-refractivity contribution is 14.0. The van der Waals surface area contributed by atoms with Crippen molar-refractivity contribution in [2.45, 2.75) is 25.8 Å². The van der Waals surface area contributed by atoms with E-state index < -0.39 is 0 Å². The van der Waals surface area contributed by atoms with Gasteiger partial charge in [-0.15, -0.1) is 24.0 Å². The zero-order valence-electron chi connectivity index (χ0n) is 12.9. The molecule has 1 aromatic rings. The van der Waals surface area contributed by atoms with E-state index in [1.807, 2.05) is 30.0 Å². The molecule has 0 saturated heterocycles. The van der Waals surface area contributed by atoms with Crippen LogP contribution in [0.2, 0.25) is 5.02 Å². The third kappa shape index (κ3) is 8.78. The van der Waals surface area contributed by atoms with Crippen LogP contribution in [0.25, 0.3) is 0 Å². The normalized spacial score (nSPS) is 12.5. The molecule has 0 aliphatic heterocycles. The van der Waals surface area contributed by atoms with Crippen molar-refractivity contribution in [1.82, 2.24) is 10.6 Å². The lowest BCUT2D eigenvalue weighted by atomic mass is 10.1. The second-order valence-electron chi connectivity index (χ2n) is 4.62. The molecule has 6 heteroatoms. The number of hydrogen-bond donors (Lipinski definition) is 2. The Bertz CT molecular complexity index is 429. The van der Waals surface area contributed by atoms with Crippen LogP contribution in [-0.2, 0) is 0 Å². The molecule has 1 rings (SSSR count). The third-order valence-electron chi connectivity index (χ3n) is 2.99. The number of thioether (sulfide) groups is 1. The maximum atomic E-state index is 6.02. The molecule has 0 heterocycles. The largest absolute Gasteiger partial charge is 0.356 e. The molecule has 1 unspecified atom stereocenters. The van der Waals surface area contributed by atoms with Gasteiger partial charge in [-0.2, -0.15) is 11.8 Å². The highest BCUT2D eigenvalue weighted by Crippen LogP contribution is 2.17. The predicted octanol–water partition coefficient (Wildman–Crippen LogP) is 4.33. The summed E-state index contributed by atoms with van der Waals surface area (Å²) in [6, 6.07) is 8.07. The molecule has 3 nitrogen and oxygen atoms in total. The first-order valence-corrected chi connectivity index (χ1v) is 8.66. The summed E-state index contributed by atoms with van der Waals surface area (Å²) >= 11 is 7.91. The molecule has 0 amide bonds. The first-order valence-electron chi connectivity index (χ1n) is 6.89. The Morgan fingerprint density at radius 3 is 2.76 bits per heavy atom. The summed E-state index contributed by atoms with van der Waals surface area (Å²) in [5.74, 6) is 2.05. The molecule has 0 bridgehead atoms. The second-order valence-corrected chi connectivity index (χ2v) is 6.04. The van der Waals surface area contributed by atoms with Crippen molar-refractivity contribution in [3.8, 4) is 0 Å². The Morgan fingerprint density at radius 2 is 2.14 bits per heavy atom. The first kappa shape index (κ1) is 20.9. The lowest BCUT2D eigenvalue weighted by molar-refractivity contribution is 0.672. The van der Waals surface area contributed by atoms with E-state index in [0.29, 0.717) is 0 Å². The van der Waals surface area contributed by atoms with Crippen LogP contribution in [0, 0.1) is 0 Å². The minimum Gasteiger partial charge on any atom is -0.356 e. The van der Waals surface area contributed by atoms with E-state index in [1.165, 1.54) is 12.2 Å². The van der Waals surface area contributed by atoms with Gasteiger partial charge >= 0.3 is 0 Å². The molecule has 21 heavy (non-hydrogen) atoms. The summed E-state index contributed by atoms with van der Waals surface area (Å²) in [5, 5.41) is 7.48. The van der Waals surface area contributed by atoms with Crippen molar-refractivity contribution in [3.05, 3.63) is 34.9 Å². The summed E-state index contributed by atoms with van der Waals surface area (Å²) in [4.78, 5) is 4.25. The monoisotopic (exact) mass is 441 g/mol. The lowest BCUT2D eigenvalue weighted by Crippen LogP contribution is -2.39. The Labute approximate surface area is 154 Å².